The monoisotopic (exact) mass is 361 g/mol. The molecule has 99 valence electrons. The first-order valence-electron chi connectivity index (χ1n) is 5.17. The normalized spacial score (nSPS) is 11.2. The van der Waals surface area contributed by atoms with Crippen molar-refractivity contribution in [3.05, 3.63) is 0 Å². The Morgan fingerprint density at radius 3 is 0.438 bits per heavy atom. The molecule has 0 bridgehead atoms. The summed E-state index contributed by atoms with van der Waals surface area (Å²) in [7, 11) is 0. The minimum absolute atomic E-state index is 0. The summed E-state index contributed by atoms with van der Waals surface area (Å²) in [5.74, 6) is 0. The summed E-state index contributed by atoms with van der Waals surface area (Å²) in [5.41, 5.74) is -1.50. The van der Waals surface area contributed by atoms with E-state index in [1.807, 2.05) is 0 Å². The number of hydrogen-bond donors (Lipinski definition) is 3. The van der Waals surface area contributed by atoms with E-state index >= 15 is 0 Å². The van der Waals surface area contributed by atoms with Gasteiger partial charge in [-0.2, -0.15) is 0 Å². The van der Waals surface area contributed by atoms with E-state index in [1.54, 1.807) is 62.3 Å². The van der Waals surface area contributed by atoms with E-state index in [0.717, 1.165) is 0 Å². The first-order valence-corrected chi connectivity index (χ1v) is 5.17. The molecule has 0 saturated heterocycles. The van der Waals surface area contributed by atoms with E-state index in [4.69, 9.17) is 15.3 Å². The summed E-state index contributed by atoms with van der Waals surface area (Å²) in [4.78, 5) is 0. The maximum absolute atomic E-state index is 8.52. The van der Waals surface area contributed by atoms with Gasteiger partial charge >= 0.3 is 0 Å². The third kappa shape index (κ3) is 2590. The van der Waals surface area contributed by atoms with Gasteiger partial charge < -0.3 is 15.3 Å². The Kier molecular flexibility index (Phi) is 16.2. The summed E-state index contributed by atoms with van der Waals surface area (Å²) >= 11 is 0. The molecule has 0 aliphatic heterocycles. The van der Waals surface area contributed by atoms with Crippen molar-refractivity contribution in [1.82, 2.24) is 0 Å². The van der Waals surface area contributed by atoms with Crippen LogP contribution in [0.4, 0.5) is 0 Å². The molecule has 0 aromatic carbocycles. The van der Waals surface area contributed by atoms with Gasteiger partial charge in [-0.25, -0.2) is 0 Å². The Balaban J connectivity index is -0.0000000655. The van der Waals surface area contributed by atoms with E-state index < -0.39 is 16.8 Å². The van der Waals surface area contributed by atoms with Gasteiger partial charge in [-0.05, 0) is 62.3 Å². The largest absolute Gasteiger partial charge is 0.391 e. The summed E-state index contributed by atoms with van der Waals surface area (Å²) < 4.78 is 0. The van der Waals surface area contributed by atoms with Crippen molar-refractivity contribution in [3.8, 4) is 0 Å². The third-order valence-electron chi connectivity index (χ3n) is 0. The van der Waals surface area contributed by atoms with Crippen molar-refractivity contribution in [3.63, 3.8) is 0 Å². The molecule has 0 atom stereocenters. The van der Waals surface area contributed by atoms with Crippen LogP contribution in [0.3, 0.4) is 0 Å². The van der Waals surface area contributed by atoms with E-state index in [9.17, 15) is 0 Å². The Morgan fingerprint density at radius 1 is 0.438 bits per heavy atom. The van der Waals surface area contributed by atoms with Crippen molar-refractivity contribution in [2.75, 3.05) is 0 Å². The molecule has 3 N–H and O–H groups in total. The molecule has 0 unspecified atom stereocenters. The zero-order valence-electron chi connectivity index (χ0n) is 12.4. The van der Waals surface area contributed by atoms with Crippen LogP contribution in [0.15, 0.2) is 0 Å². The Hall–Kier alpha value is 1.07. The van der Waals surface area contributed by atoms with Gasteiger partial charge in [0.05, 0.1) is 16.8 Å². The van der Waals surface area contributed by atoms with Gasteiger partial charge in [0.25, 0.3) is 0 Å². The molecular formula is C12H30LaO3. The predicted octanol–water partition coefficient (Wildman–Crippen LogP) is 2.33. The molecular weight excluding hydrogens is 331 g/mol. The molecule has 0 saturated carbocycles. The summed E-state index contributed by atoms with van der Waals surface area (Å²) in [6, 6.07) is 0. The van der Waals surface area contributed by atoms with Crippen LogP contribution < -0.4 is 0 Å². The molecule has 0 aliphatic carbocycles. The standard InChI is InChI=1S/3C4H10O.La/c3*1-4(2,3)5;/h3*5H,1-3H3;. The smallest absolute Gasteiger partial charge is 0.0563 e. The van der Waals surface area contributed by atoms with Gasteiger partial charge in [-0.3, -0.25) is 0 Å². The van der Waals surface area contributed by atoms with Crippen molar-refractivity contribution in [1.29, 1.82) is 0 Å². The van der Waals surface area contributed by atoms with E-state index in [-0.39, 0.29) is 35.6 Å². The van der Waals surface area contributed by atoms with Crippen LogP contribution in [-0.2, 0) is 0 Å². The Morgan fingerprint density at radius 2 is 0.438 bits per heavy atom. The van der Waals surface area contributed by atoms with Crippen LogP contribution in [0.2, 0.25) is 0 Å². The fourth-order valence-corrected chi connectivity index (χ4v) is 0. The SMILES string of the molecule is CC(C)(C)O.CC(C)(C)O.CC(C)(C)O.[La]. The van der Waals surface area contributed by atoms with Gasteiger partial charge in [0.15, 0.2) is 0 Å². The average molecular weight is 361 g/mol. The fraction of sp³-hybridized carbons (Fsp3) is 1.00. The molecule has 0 heterocycles. The molecule has 0 aliphatic rings. The van der Waals surface area contributed by atoms with Gasteiger partial charge in [0, 0.05) is 35.6 Å². The van der Waals surface area contributed by atoms with E-state index in [2.05, 4.69) is 0 Å². The summed E-state index contributed by atoms with van der Waals surface area (Å²) in [6.07, 6.45) is 0. The molecule has 0 spiro atoms. The summed E-state index contributed by atoms with van der Waals surface area (Å²) in [6.45, 7) is 15.7. The van der Waals surface area contributed by atoms with Crippen LogP contribution in [0.1, 0.15) is 62.3 Å². The van der Waals surface area contributed by atoms with E-state index in [0.29, 0.717) is 0 Å². The maximum Gasteiger partial charge on any atom is 0.0563 e. The number of hydrogen-bond acceptors (Lipinski definition) is 3. The van der Waals surface area contributed by atoms with Gasteiger partial charge in [0.1, 0.15) is 0 Å². The van der Waals surface area contributed by atoms with Gasteiger partial charge in [-0.15, -0.1) is 0 Å². The number of aliphatic hydroxyl groups is 3. The molecule has 0 amide bonds. The maximum atomic E-state index is 8.52. The molecule has 0 rings (SSSR count). The Bertz CT molecular complexity index is 91.3. The van der Waals surface area contributed by atoms with Gasteiger partial charge in [0.2, 0.25) is 0 Å². The second-order valence-corrected chi connectivity index (χ2v) is 6.51. The van der Waals surface area contributed by atoms with Crippen LogP contribution in [0.5, 0.6) is 0 Å². The second-order valence-electron chi connectivity index (χ2n) is 6.51. The van der Waals surface area contributed by atoms with Crippen LogP contribution in [0.25, 0.3) is 0 Å². The van der Waals surface area contributed by atoms with Crippen LogP contribution in [-0.4, -0.2) is 32.1 Å². The average Bonchev–Trinajstić information content (AvgIpc) is 1.41. The van der Waals surface area contributed by atoms with Crippen molar-refractivity contribution >= 4 is 0 Å². The zero-order valence-corrected chi connectivity index (χ0v) is 16.0. The molecule has 0 aromatic rings. The van der Waals surface area contributed by atoms with E-state index in [1.165, 1.54) is 0 Å². The quantitative estimate of drug-likeness (QED) is 0.621. The number of rotatable bonds is 0. The Labute approximate surface area is 129 Å². The van der Waals surface area contributed by atoms with Gasteiger partial charge in [-0.1, -0.05) is 0 Å². The molecule has 0 fully saturated rings. The molecule has 16 heavy (non-hydrogen) atoms. The topological polar surface area (TPSA) is 60.7 Å². The minimum atomic E-state index is -0.500. The van der Waals surface area contributed by atoms with Crippen molar-refractivity contribution < 1.29 is 50.9 Å². The van der Waals surface area contributed by atoms with Crippen LogP contribution >= 0.6 is 0 Å². The first kappa shape index (κ1) is 25.8. The second kappa shape index (κ2) is 10.0. The van der Waals surface area contributed by atoms with Crippen LogP contribution in [0, 0.1) is 35.6 Å². The third-order valence-corrected chi connectivity index (χ3v) is 0. The molecule has 0 aromatic heterocycles. The first-order chi connectivity index (χ1) is 6.00. The van der Waals surface area contributed by atoms with Crippen molar-refractivity contribution in [2.45, 2.75) is 79.1 Å². The molecule has 4 heteroatoms. The predicted molar refractivity (Wildman–Crippen MR) is 65.9 cm³/mol. The summed E-state index contributed by atoms with van der Waals surface area (Å²) in [5, 5.41) is 25.6. The van der Waals surface area contributed by atoms with Crippen molar-refractivity contribution in [2.24, 2.45) is 0 Å². The molecule has 1 radical (unpaired) electrons. The zero-order chi connectivity index (χ0) is 13.5. The molecule has 3 nitrogen and oxygen atoms in total. The fourth-order valence-electron chi connectivity index (χ4n) is 0. The minimum Gasteiger partial charge on any atom is -0.391 e.